The monoisotopic (exact) mass is 557 g/mol. The van der Waals surface area contributed by atoms with Crippen LogP contribution in [0.25, 0.3) is 0 Å². The van der Waals surface area contributed by atoms with E-state index in [9.17, 15) is 14.3 Å². The van der Waals surface area contributed by atoms with Crippen LogP contribution < -0.4 is 15.4 Å². The molecule has 7 nitrogen and oxygen atoms in total. The number of aryl methyl sites for hydroxylation is 1. The molecule has 0 aliphatic carbocycles. The number of halogens is 1. The lowest BCUT2D eigenvalue weighted by Crippen LogP contribution is -2.54. The van der Waals surface area contributed by atoms with E-state index in [1.165, 1.54) is 12.1 Å². The molecule has 2 aromatic rings. The van der Waals surface area contributed by atoms with Crippen LogP contribution in [-0.2, 0) is 10.3 Å². The van der Waals surface area contributed by atoms with Crippen LogP contribution in [0.15, 0.2) is 42.5 Å². The Kier molecular flexibility index (Phi) is 12.2. The first kappa shape index (κ1) is 31.8. The molecule has 2 aromatic carbocycles. The van der Waals surface area contributed by atoms with Gasteiger partial charge in [0.05, 0.1) is 5.60 Å². The lowest BCUT2D eigenvalue weighted by Gasteiger charge is -2.43. The number of likely N-dealkylation sites (N-methyl/N-ethyl adjacent to an activating group) is 1. The number of benzene rings is 2. The first-order valence-corrected chi connectivity index (χ1v) is 14.6. The highest BCUT2D eigenvalue weighted by atomic mass is 19.1. The van der Waals surface area contributed by atoms with Gasteiger partial charge in [0, 0.05) is 56.9 Å². The number of urea groups is 1. The van der Waals surface area contributed by atoms with Crippen molar-refractivity contribution in [3.05, 3.63) is 59.4 Å². The molecular weight excluding hydrogens is 509 g/mol. The number of rotatable bonds is 14. The third-order valence-corrected chi connectivity index (χ3v) is 7.80. The number of aliphatic hydroxyl groups is 1. The number of hydrogen-bond donors (Lipinski definition) is 3. The summed E-state index contributed by atoms with van der Waals surface area (Å²) in [4.78, 5) is 15.2. The number of likely N-dealkylation sites (tertiary alicyclic amines) is 1. The molecule has 1 saturated heterocycles. The highest BCUT2D eigenvalue weighted by molar-refractivity contribution is 5.74. The van der Waals surface area contributed by atoms with E-state index in [1.54, 1.807) is 13.2 Å². The summed E-state index contributed by atoms with van der Waals surface area (Å²) in [5.74, 6) is 0.803. The number of amides is 2. The van der Waals surface area contributed by atoms with Crippen LogP contribution in [0, 0.1) is 24.6 Å². The zero-order chi connectivity index (χ0) is 29.1. The molecular formula is C32H48FN3O4. The third kappa shape index (κ3) is 8.66. The fraction of sp³-hybridized carbons (Fsp3) is 0.594. The van der Waals surface area contributed by atoms with Gasteiger partial charge in [0.2, 0.25) is 0 Å². The summed E-state index contributed by atoms with van der Waals surface area (Å²) in [7, 11) is 3.57. The van der Waals surface area contributed by atoms with Gasteiger partial charge in [-0.2, -0.15) is 0 Å². The maximum absolute atomic E-state index is 14.1. The van der Waals surface area contributed by atoms with Gasteiger partial charge in [0.1, 0.15) is 17.3 Å². The Hall–Kier alpha value is -2.68. The second-order valence-corrected chi connectivity index (χ2v) is 11.5. The number of unbranched alkanes of at least 4 members (excludes halogenated alkanes) is 1. The molecule has 1 aliphatic heterocycles. The predicted molar refractivity (Wildman–Crippen MR) is 157 cm³/mol. The zero-order valence-electron chi connectivity index (χ0n) is 24.8. The van der Waals surface area contributed by atoms with E-state index in [2.05, 4.69) is 24.5 Å². The lowest BCUT2D eigenvalue weighted by molar-refractivity contribution is -0.0575. The van der Waals surface area contributed by atoms with E-state index < -0.39 is 5.60 Å². The molecule has 222 valence electrons. The molecule has 0 aromatic heterocycles. The maximum atomic E-state index is 14.1. The summed E-state index contributed by atoms with van der Waals surface area (Å²) >= 11 is 0. The summed E-state index contributed by atoms with van der Waals surface area (Å²) in [6.07, 6.45) is 4.52. The number of methoxy groups -OCH3 is 1. The van der Waals surface area contributed by atoms with Crippen molar-refractivity contribution in [1.82, 2.24) is 15.5 Å². The van der Waals surface area contributed by atoms with Crippen LogP contribution in [-0.4, -0.2) is 62.5 Å². The quantitative estimate of drug-likeness (QED) is 0.249. The van der Waals surface area contributed by atoms with Crippen molar-refractivity contribution in [2.45, 2.75) is 70.9 Å². The fourth-order valence-electron chi connectivity index (χ4n) is 5.74. The summed E-state index contributed by atoms with van der Waals surface area (Å²) in [6.45, 7) is 8.57. The molecule has 3 N–H and O–H groups in total. The molecule has 0 radical (unpaired) electrons. The van der Waals surface area contributed by atoms with Gasteiger partial charge in [-0.25, -0.2) is 9.18 Å². The van der Waals surface area contributed by atoms with Gasteiger partial charge in [-0.1, -0.05) is 38.1 Å². The first-order chi connectivity index (χ1) is 19.2. The number of carbonyl (C=O) groups excluding carboxylic acids is 1. The Bertz CT molecular complexity index is 1080. The van der Waals surface area contributed by atoms with Gasteiger partial charge in [-0.3, -0.25) is 0 Å². The van der Waals surface area contributed by atoms with Crippen molar-refractivity contribution in [3.63, 3.8) is 0 Å². The highest BCUT2D eigenvalue weighted by Gasteiger charge is 2.43. The minimum atomic E-state index is -1.24. The van der Waals surface area contributed by atoms with E-state index in [4.69, 9.17) is 9.47 Å². The average molecular weight is 558 g/mol. The second-order valence-electron chi connectivity index (χ2n) is 11.5. The topological polar surface area (TPSA) is 83.1 Å². The average Bonchev–Trinajstić information content (AvgIpc) is 2.93. The van der Waals surface area contributed by atoms with Crippen molar-refractivity contribution in [3.8, 4) is 11.5 Å². The number of hydrogen-bond acceptors (Lipinski definition) is 5. The lowest BCUT2D eigenvalue weighted by atomic mass is 9.73. The van der Waals surface area contributed by atoms with Crippen molar-refractivity contribution in [2.75, 3.05) is 40.4 Å². The highest BCUT2D eigenvalue weighted by Crippen LogP contribution is 2.44. The number of piperidine rings is 1. The fourth-order valence-corrected chi connectivity index (χ4v) is 5.74. The summed E-state index contributed by atoms with van der Waals surface area (Å²) < 4.78 is 25.6. The van der Waals surface area contributed by atoms with Crippen LogP contribution >= 0.6 is 0 Å². The normalized spacial score (nSPS) is 17.9. The molecule has 1 fully saturated rings. The summed E-state index contributed by atoms with van der Waals surface area (Å²) in [6, 6.07) is 11.9. The SMILES string of the molecule is CNC[C@H](CC(C)C)NC(=O)N1CCC[C@@H]([C@@](O)(CCCCOC)c2ccccc2Oc2cc(F)ccc2C)C1. The second kappa shape index (κ2) is 15.4. The molecule has 3 atom stereocenters. The molecule has 0 saturated carbocycles. The van der Waals surface area contributed by atoms with Crippen LogP contribution in [0.4, 0.5) is 9.18 Å². The van der Waals surface area contributed by atoms with Gasteiger partial charge in [-0.15, -0.1) is 0 Å². The van der Waals surface area contributed by atoms with E-state index in [1.807, 2.05) is 43.1 Å². The molecule has 0 unspecified atom stereocenters. The number of nitrogens with one attached hydrogen (secondary N) is 2. The van der Waals surface area contributed by atoms with Gasteiger partial charge in [0.25, 0.3) is 0 Å². The van der Waals surface area contributed by atoms with E-state index >= 15 is 0 Å². The standard InChI is InChI=1S/C32H48FN3O4/c1-23(2)19-27(21-34-4)35-31(37)36-17-10-11-25(22-36)32(38,16-8-9-18-39-5)28-12-6-7-13-29(28)40-30-20-26(33)15-14-24(30)3/h6-7,12-15,20,23,25,27,34,38H,8-11,16-19,21-22H2,1-5H3,(H,35,37)/t25-,27+,32+/m1/s1. The Morgan fingerprint density at radius 1 is 1.20 bits per heavy atom. The summed E-state index contributed by atoms with van der Waals surface area (Å²) in [5, 5.41) is 18.9. The molecule has 40 heavy (non-hydrogen) atoms. The molecule has 0 spiro atoms. The zero-order valence-corrected chi connectivity index (χ0v) is 24.8. The minimum Gasteiger partial charge on any atom is -0.457 e. The largest absolute Gasteiger partial charge is 0.457 e. The number of nitrogens with zero attached hydrogens (tertiary/aromatic N) is 1. The van der Waals surface area contributed by atoms with Crippen LogP contribution in [0.3, 0.4) is 0 Å². The minimum absolute atomic E-state index is 0.0365. The van der Waals surface area contributed by atoms with Crippen LogP contribution in [0.1, 0.15) is 63.5 Å². The van der Waals surface area contributed by atoms with Crippen LogP contribution in [0.5, 0.6) is 11.5 Å². The predicted octanol–water partition coefficient (Wildman–Crippen LogP) is 5.99. The molecule has 2 amide bonds. The van der Waals surface area contributed by atoms with Crippen molar-refractivity contribution in [1.29, 1.82) is 0 Å². The maximum Gasteiger partial charge on any atom is 0.317 e. The molecule has 0 bridgehead atoms. The number of ether oxygens (including phenoxy) is 2. The smallest absolute Gasteiger partial charge is 0.317 e. The van der Waals surface area contributed by atoms with Crippen molar-refractivity contribution in [2.24, 2.45) is 11.8 Å². The van der Waals surface area contributed by atoms with Gasteiger partial charge < -0.3 is 30.1 Å². The Balaban J connectivity index is 1.89. The molecule has 3 rings (SSSR count). The molecule has 1 aliphatic rings. The Morgan fingerprint density at radius 3 is 2.70 bits per heavy atom. The van der Waals surface area contributed by atoms with Gasteiger partial charge >= 0.3 is 6.03 Å². The van der Waals surface area contributed by atoms with Crippen molar-refractivity contribution < 1.29 is 23.8 Å². The van der Waals surface area contributed by atoms with Crippen LogP contribution in [0.2, 0.25) is 0 Å². The van der Waals surface area contributed by atoms with E-state index in [0.717, 1.165) is 37.7 Å². The molecule has 8 heteroatoms. The first-order valence-electron chi connectivity index (χ1n) is 14.6. The molecule has 1 heterocycles. The van der Waals surface area contributed by atoms with Gasteiger partial charge in [0.15, 0.2) is 0 Å². The third-order valence-electron chi connectivity index (χ3n) is 7.80. The number of para-hydroxylation sites is 1. The van der Waals surface area contributed by atoms with E-state index in [-0.39, 0.29) is 23.8 Å². The Morgan fingerprint density at radius 2 is 1.98 bits per heavy atom. The summed E-state index contributed by atoms with van der Waals surface area (Å²) in [5.41, 5.74) is 0.224. The Labute approximate surface area is 239 Å². The number of carbonyl (C=O) groups is 1. The van der Waals surface area contributed by atoms with Gasteiger partial charge in [-0.05, 0) is 76.1 Å². The van der Waals surface area contributed by atoms with E-state index in [0.29, 0.717) is 55.6 Å². The van der Waals surface area contributed by atoms with Crippen molar-refractivity contribution >= 4 is 6.03 Å².